The molecular weight excluding hydrogens is 246 g/mol. The van der Waals surface area contributed by atoms with Gasteiger partial charge in [-0.1, -0.05) is 25.7 Å². The molecule has 3 heteroatoms. The van der Waals surface area contributed by atoms with Crippen molar-refractivity contribution in [2.45, 2.75) is 57.3 Å². The molecule has 1 saturated heterocycles. The van der Waals surface area contributed by atoms with E-state index in [0.29, 0.717) is 5.92 Å². The molecule has 0 N–H and O–H groups in total. The highest BCUT2D eigenvalue weighted by Gasteiger charge is 2.21. The minimum absolute atomic E-state index is 0.567. The quantitative estimate of drug-likeness (QED) is 0.676. The minimum atomic E-state index is 0.567. The van der Waals surface area contributed by atoms with Crippen LogP contribution in [0.25, 0.3) is 0 Å². The van der Waals surface area contributed by atoms with Gasteiger partial charge in [-0.3, -0.25) is 0 Å². The summed E-state index contributed by atoms with van der Waals surface area (Å²) in [6.07, 6.45) is 13.5. The van der Waals surface area contributed by atoms with Crippen molar-refractivity contribution in [1.82, 2.24) is 14.9 Å². The molecule has 1 aliphatic heterocycles. The standard InChI is InChI=1S/C17H27N3/c1-2-3-4-5-6-7-13-20-14-9-16(10-15-20)17-18-11-8-12-19-17/h1,8,11-12,16H,2-7,9-10,13-15H2. The number of hydrogen-bond acceptors (Lipinski definition) is 3. The van der Waals surface area contributed by atoms with Crippen LogP contribution in [0.15, 0.2) is 18.5 Å². The summed E-state index contributed by atoms with van der Waals surface area (Å²) < 4.78 is 0. The van der Waals surface area contributed by atoms with Gasteiger partial charge in [0.15, 0.2) is 0 Å². The summed E-state index contributed by atoms with van der Waals surface area (Å²) >= 11 is 0. The zero-order valence-corrected chi connectivity index (χ0v) is 12.5. The van der Waals surface area contributed by atoms with E-state index in [9.17, 15) is 0 Å². The number of aromatic nitrogens is 2. The zero-order chi connectivity index (χ0) is 14.0. The molecule has 0 bridgehead atoms. The molecule has 3 nitrogen and oxygen atoms in total. The fourth-order valence-corrected chi connectivity index (χ4v) is 2.95. The Morgan fingerprint density at radius 2 is 1.65 bits per heavy atom. The minimum Gasteiger partial charge on any atom is -0.303 e. The second-order valence-electron chi connectivity index (χ2n) is 5.78. The van der Waals surface area contributed by atoms with E-state index in [1.165, 1.54) is 64.6 Å². The third-order valence-electron chi connectivity index (χ3n) is 4.22. The Balaban J connectivity index is 1.58. The van der Waals surface area contributed by atoms with Crippen LogP contribution in [-0.4, -0.2) is 34.5 Å². The average Bonchev–Trinajstić information content (AvgIpc) is 2.52. The van der Waals surface area contributed by atoms with Gasteiger partial charge in [0, 0.05) is 18.3 Å². The summed E-state index contributed by atoms with van der Waals surface area (Å²) in [7, 11) is 0. The first-order valence-electron chi connectivity index (χ1n) is 8.09. The summed E-state index contributed by atoms with van der Waals surface area (Å²) in [6, 6.07) is 1.89. The predicted molar refractivity (Wildman–Crippen MR) is 82.4 cm³/mol. The smallest absolute Gasteiger partial charge is 0.131 e. The first kappa shape index (κ1) is 15.4. The highest BCUT2D eigenvalue weighted by atomic mass is 15.1. The van der Waals surface area contributed by atoms with Crippen molar-refractivity contribution in [2.75, 3.05) is 19.6 Å². The zero-order valence-electron chi connectivity index (χ0n) is 12.5. The third kappa shape index (κ3) is 5.20. The van der Waals surface area contributed by atoms with Gasteiger partial charge in [0.25, 0.3) is 0 Å². The number of unbranched alkanes of at least 4 members (excludes halogenated alkanes) is 5. The molecule has 0 saturated carbocycles. The fraction of sp³-hybridized carbons (Fsp3) is 0.706. The normalized spacial score (nSPS) is 17.4. The van der Waals surface area contributed by atoms with E-state index in [4.69, 9.17) is 6.92 Å². The van der Waals surface area contributed by atoms with Crippen molar-refractivity contribution >= 4 is 0 Å². The lowest BCUT2D eigenvalue weighted by molar-refractivity contribution is 0.205. The lowest BCUT2D eigenvalue weighted by Crippen LogP contribution is -2.34. The van der Waals surface area contributed by atoms with E-state index in [1.807, 2.05) is 18.5 Å². The van der Waals surface area contributed by atoms with E-state index >= 15 is 0 Å². The van der Waals surface area contributed by atoms with Gasteiger partial charge in [-0.05, 0) is 58.3 Å². The molecular formula is C17H27N3. The van der Waals surface area contributed by atoms with E-state index in [-0.39, 0.29) is 0 Å². The second-order valence-corrected chi connectivity index (χ2v) is 5.78. The van der Waals surface area contributed by atoms with Crippen LogP contribution in [0.5, 0.6) is 0 Å². The Labute approximate surface area is 123 Å². The Kier molecular flexibility index (Phi) is 6.99. The fourth-order valence-electron chi connectivity index (χ4n) is 2.95. The van der Waals surface area contributed by atoms with Gasteiger partial charge in [0.05, 0.1) is 0 Å². The van der Waals surface area contributed by atoms with Crippen LogP contribution in [0.2, 0.25) is 0 Å². The predicted octanol–water partition coefficient (Wildman–Crippen LogP) is 3.71. The van der Waals surface area contributed by atoms with E-state index < -0.39 is 0 Å². The molecule has 2 heterocycles. The molecule has 0 unspecified atom stereocenters. The van der Waals surface area contributed by atoms with Crippen LogP contribution >= 0.6 is 0 Å². The van der Waals surface area contributed by atoms with Crippen LogP contribution in [0.4, 0.5) is 0 Å². The first-order valence-corrected chi connectivity index (χ1v) is 8.09. The van der Waals surface area contributed by atoms with E-state index in [1.54, 1.807) is 0 Å². The Morgan fingerprint density at radius 3 is 2.35 bits per heavy atom. The molecule has 1 aromatic rings. The Bertz CT molecular complexity index is 345. The Hall–Kier alpha value is -0.960. The van der Waals surface area contributed by atoms with Crippen molar-refractivity contribution in [3.05, 3.63) is 31.2 Å². The molecule has 0 atom stereocenters. The number of likely N-dealkylation sites (tertiary alicyclic amines) is 1. The second kappa shape index (κ2) is 9.06. The average molecular weight is 273 g/mol. The maximum Gasteiger partial charge on any atom is 0.131 e. The molecule has 1 aromatic heterocycles. The topological polar surface area (TPSA) is 29.0 Å². The molecule has 1 aliphatic rings. The van der Waals surface area contributed by atoms with E-state index in [2.05, 4.69) is 14.9 Å². The molecule has 20 heavy (non-hydrogen) atoms. The van der Waals surface area contributed by atoms with Gasteiger partial charge in [0.1, 0.15) is 5.82 Å². The summed E-state index contributed by atoms with van der Waals surface area (Å²) in [4.78, 5) is 11.4. The number of nitrogens with zero attached hydrogens (tertiary/aromatic N) is 3. The number of rotatable bonds is 8. The van der Waals surface area contributed by atoms with Crippen LogP contribution < -0.4 is 0 Å². The molecule has 0 aromatic carbocycles. The molecule has 2 radical (unpaired) electrons. The molecule has 0 aliphatic carbocycles. The molecule has 2 rings (SSSR count). The van der Waals surface area contributed by atoms with Crippen LogP contribution in [0.1, 0.15) is 63.1 Å². The van der Waals surface area contributed by atoms with Gasteiger partial charge in [0.2, 0.25) is 0 Å². The van der Waals surface area contributed by atoms with Crippen molar-refractivity contribution in [2.24, 2.45) is 0 Å². The van der Waals surface area contributed by atoms with Crippen LogP contribution in [0.3, 0.4) is 0 Å². The largest absolute Gasteiger partial charge is 0.303 e. The van der Waals surface area contributed by atoms with Crippen LogP contribution in [-0.2, 0) is 0 Å². The van der Waals surface area contributed by atoms with Crippen molar-refractivity contribution < 1.29 is 0 Å². The monoisotopic (exact) mass is 273 g/mol. The van der Waals surface area contributed by atoms with Crippen molar-refractivity contribution in [3.8, 4) is 0 Å². The van der Waals surface area contributed by atoms with Gasteiger partial charge in [-0.25, -0.2) is 9.97 Å². The van der Waals surface area contributed by atoms with E-state index in [0.717, 1.165) is 12.2 Å². The summed E-state index contributed by atoms with van der Waals surface area (Å²) in [5.74, 6) is 1.60. The first-order chi connectivity index (χ1) is 9.90. The van der Waals surface area contributed by atoms with Crippen molar-refractivity contribution in [3.63, 3.8) is 0 Å². The number of hydrogen-bond donors (Lipinski definition) is 0. The van der Waals surface area contributed by atoms with Crippen molar-refractivity contribution in [1.29, 1.82) is 0 Å². The SMILES string of the molecule is [CH]CCCCCCCN1CCC(c2ncccn2)CC1. The molecule has 0 amide bonds. The molecule has 110 valence electrons. The highest BCUT2D eigenvalue weighted by molar-refractivity contribution is 4.99. The summed E-state index contributed by atoms with van der Waals surface area (Å²) in [5, 5.41) is 0. The van der Waals surface area contributed by atoms with Gasteiger partial charge in [-0.15, -0.1) is 0 Å². The van der Waals surface area contributed by atoms with Gasteiger partial charge in [-0.2, -0.15) is 0 Å². The van der Waals surface area contributed by atoms with Gasteiger partial charge >= 0.3 is 0 Å². The summed E-state index contributed by atoms with van der Waals surface area (Å²) in [5.41, 5.74) is 0. The maximum absolute atomic E-state index is 5.50. The highest BCUT2D eigenvalue weighted by Crippen LogP contribution is 2.25. The molecule has 1 fully saturated rings. The molecule has 0 spiro atoms. The maximum atomic E-state index is 5.50. The van der Waals surface area contributed by atoms with Crippen LogP contribution in [0, 0.1) is 6.92 Å². The number of piperidine rings is 1. The van der Waals surface area contributed by atoms with Gasteiger partial charge < -0.3 is 4.90 Å². The lowest BCUT2D eigenvalue weighted by Gasteiger charge is -2.31. The Morgan fingerprint density at radius 1 is 1.00 bits per heavy atom. The third-order valence-corrected chi connectivity index (χ3v) is 4.22. The summed E-state index contributed by atoms with van der Waals surface area (Å²) in [6.45, 7) is 9.16. The lowest BCUT2D eigenvalue weighted by atomic mass is 9.95.